The lowest BCUT2D eigenvalue weighted by atomic mass is 10.0. The van der Waals surface area contributed by atoms with E-state index in [0.29, 0.717) is 5.56 Å². The molecule has 0 aliphatic heterocycles. The highest BCUT2D eigenvalue weighted by Gasteiger charge is 2.24. The Morgan fingerprint density at radius 2 is 1.40 bits per heavy atom. The molecule has 0 aliphatic rings. The van der Waals surface area contributed by atoms with Crippen molar-refractivity contribution < 1.29 is 9.53 Å². The van der Waals surface area contributed by atoms with Crippen LogP contribution in [0.5, 0.6) is 5.75 Å². The maximum Gasteiger partial charge on any atom is 0.258 e. The molecule has 0 saturated carbocycles. The van der Waals surface area contributed by atoms with E-state index in [2.05, 4.69) is 0 Å². The summed E-state index contributed by atoms with van der Waals surface area (Å²) in [7, 11) is 1.62. The van der Waals surface area contributed by atoms with Gasteiger partial charge in [-0.1, -0.05) is 48.5 Å². The maximum atomic E-state index is 13.2. The summed E-state index contributed by atoms with van der Waals surface area (Å²) in [6.45, 7) is 2.05. The van der Waals surface area contributed by atoms with E-state index in [1.165, 1.54) is 0 Å². The molecule has 0 N–H and O–H groups in total. The Labute approximate surface area is 148 Å². The smallest absolute Gasteiger partial charge is 0.258 e. The second-order valence-electron chi connectivity index (χ2n) is 5.83. The molecule has 3 heteroatoms. The van der Waals surface area contributed by atoms with Gasteiger partial charge >= 0.3 is 0 Å². The number of anilines is 1. The van der Waals surface area contributed by atoms with Crippen LogP contribution in [-0.4, -0.2) is 13.0 Å². The number of hydrogen-bond donors (Lipinski definition) is 0. The Kier molecular flexibility index (Phi) is 5.14. The molecule has 0 radical (unpaired) electrons. The molecule has 1 atom stereocenters. The van der Waals surface area contributed by atoms with Crippen LogP contribution in [0.1, 0.15) is 28.9 Å². The summed E-state index contributed by atoms with van der Waals surface area (Å²) >= 11 is 0. The number of nitrogens with zero attached hydrogens (tertiary/aromatic N) is 1. The Balaban J connectivity index is 2.00. The zero-order valence-corrected chi connectivity index (χ0v) is 14.4. The van der Waals surface area contributed by atoms with Crippen molar-refractivity contribution in [1.82, 2.24) is 0 Å². The molecule has 25 heavy (non-hydrogen) atoms. The molecule has 0 fully saturated rings. The summed E-state index contributed by atoms with van der Waals surface area (Å²) in [6, 6.07) is 26.9. The first-order chi connectivity index (χ1) is 12.2. The van der Waals surface area contributed by atoms with Gasteiger partial charge < -0.3 is 9.64 Å². The fourth-order valence-corrected chi connectivity index (χ4v) is 2.86. The fraction of sp³-hybridized carbons (Fsp3) is 0.136. The number of carbonyl (C=O) groups excluding carboxylic acids is 1. The van der Waals surface area contributed by atoms with E-state index in [-0.39, 0.29) is 11.9 Å². The Hall–Kier alpha value is -3.07. The molecule has 3 aromatic carbocycles. The number of amides is 1. The molecule has 3 rings (SSSR count). The topological polar surface area (TPSA) is 29.5 Å². The molecule has 0 heterocycles. The highest BCUT2D eigenvalue weighted by molar-refractivity contribution is 6.06. The van der Waals surface area contributed by atoms with E-state index in [9.17, 15) is 4.79 Å². The summed E-state index contributed by atoms with van der Waals surface area (Å²) in [5, 5.41) is 0. The Morgan fingerprint density at radius 3 is 1.96 bits per heavy atom. The van der Waals surface area contributed by atoms with Crippen molar-refractivity contribution in [3.8, 4) is 5.75 Å². The van der Waals surface area contributed by atoms with E-state index in [0.717, 1.165) is 17.0 Å². The molecule has 126 valence electrons. The second kappa shape index (κ2) is 7.67. The molecular formula is C22H21NO2. The zero-order chi connectivity index (χ0) is 17.6. The van der Waals surface area contributed by atoms with Crippen LogP contribution in [-0.2, 0) is 0 Å². The number of para-hydroxylation sites is 1. The first-order valence-corrected chi connectivity index (χ1v) is 8.28. The van der Waals surface area contributed by atoms with Crippen molar-refractivity contribution in [2.24, 2.45) is 0 Å². The molecule has 0 saturated heterocycles. The Morgan fingerprint density at radius 1 is 0.840 bits per heavy atom. The maximum absolute atomic E-state index is 13.2. The first kappa shape index (κ1) is 16.8. The Bertz CT molecular complexity index is 814. The first-order valence-electron chi connectivity index (χ1n) is 8.28. The van der Waals surface area contributed by atoms with Gasteiger partial charge in [-0.2, -0.15) is 0 Å². The van der Waals surface area contributed by atoms with Crippen LogP contribution in [0.25, 0.3) is 0 Å². The molecule has 0 aliphatic carbocycles. The molecule has 0 spiro atoms. The van der Waals surface area contributed by atoms with Crippen LogP contribution in [0.4, 0.5) is 5.69 Å². The predicted octanol–water partition coefficient (Wildman–Crippen LogP) is 5.10. The molecule has 3 aromatic rings. The SMILES string of the molecule is COc1ccc(C(=O)N(c2ccccc2)[C@@H](C)c2ccccc2)cc1. The van der Waals surface area contributed by atoms with E-state index < -0.39 is 0 Å². The number of ether oxygens (including phenoxy) is 1. The highest BCUT2D eigenvalue weighted by atomic mass is 16.5. The molecule has 1 amide bonds. The fourth-order valence-electron chi connectivity index (χ4n) is 2.86. The van der Waals surface area contributed by atoms with Gasteiger partial charge in [0.2, 0.25) is 0 Å². The zero-order valence-electron chi connectivity index (χ0n) is 14.4. The minimum Gasteiger partial charge on any atom is -0.497 e. The lowest BCUT2D eigenvalue weighted by molar-refractivity contribution is 0.0978. The van der Waals surface area contributed by atoms with Gasteiger partial charge in [-0.3, -0.25) is 4.79 Å². The van der Waals surface area contributed by atoms with E-state index in [1.807, 2.05) is 84.6 Å². The van der Waals surface area contributed by atoms with Crippen LogP contribution in [0.3, 0.4) is 0 Å². The van der Waals surface area contributed by atoms with Gasteiger partial charge in [-0.15, -0.1) is 0 Å². The highest BCUT2D eigenvalue weighted by Crippen LogP contribution is 2.29. The average molecular weight is 331 g/mol. The van der Waals surface area contributed by atoms with Crippen LogP contribution in [0.2, 0.25) is 0 Å². The minimum absolute atomic E-state index is 0.0368. The van der Waals surface area contributed by atoms with Gasteiger partial charge in [-0.25, -0.2) is 0 Å². The average Bonchev–Trinajstić information content (AvgIpc) is 2.69. The van der Waals surface area contributed by atoms with Crippen molar-refractivity contribution >= 4 is 11.6 Å². The van der Waals surface area contributed by atoms with Gasteiger partial charge in [0.1, 0.15) is 5.75 Å². The van der Waals surface area contributed by atoms with E-state index >= 15 is 0 Å². The molecule has 0 aromatic heterocycles. The number of hydrogen-bond acceptors (Lipinski definition) is 2. The summed E-state index contributed by atoms with van der Waals surface area (Å²) in [5.74, 6) is 0.698. The third-order valence-corrected chi connectivity index (χ3v) is 4.26. The number of carbonyl (C=O) groups is 1. The van der Waals surface area contributed by atoms with Crippen molar-refractivity contribution in [3.05, 3.63) is 96.1 Å². The van der Waals surface area contributed by atoms with Gasteiger partial charge in [0.05, 0.1) is 13.2 Å². The summed E-state index contributed by atoms with van der Waals surface area (Å²) in [5.41, 5.74) is 2.60. The minimum atomic E-state index is -0.0850. The molecular weight excluding hydrogens is 310 g/mol. The van der Waals surface area contributed by atoms with Crippen molar-refractivity contribution in [1.29, 1.82) is 0 Å². The van der Waals surface area contributed by atoms with Crippen LogP contribution < -0.4 is 9.64 Å². The van der Waals surface area contributed by atoms with Gasteiger partial charge in [0.15, 0.2) is 0 Å². The lowest BCUT2D eigenvalue weighted by Crippen LogP contribution is -2.33. The number of rotatable bonds is 5. The van der Waals surface area contributed by atoms with Crippen molar-refractivity contribution in [2.45, 2.75) is 13.0 Å². The van der Waals surface area contributed by atoms with Gasteiger partial charge in [0.25, 0.3) is 5.91 Å². The largest absolute Gasteiger partial charge is 0.497 e. The normalized spacial score (nSPS) is 11.6. The van der Waals surface area contributed by atoms with Gasteiger partial charge in [0, 0.05) is 11.3 Å². The summed E-state index contributed by atoms with van der Waals surface area (Å²) < 4.78 is 5.19. The summed E-state index contributed by atoms with van der Waals surface area (Å²) in [4.78, 5) is 15.1. The standard InChI is InChI=1S/C22H21NO2/c1-17(18-9-5-3-6-10-18)23(20-11-7-4-8-12-20)22(24)19-13-15-21(25-2)16-14-19/h3-17H,1-2H3/t17-/m0/s1. The third kappa shape index (κ3) is 3.72. The van der Waals surface area contributed by atoms with Crippen molar-refractivity contribution in [3.63, 3.8) is 0 Å². The monoisotopic (exact) mass is 331 g/mol. The molecule has 3 nitrogen and oxygen atoms in total. The predicted molar refractivity (Wildman–Crippen MR) is 101 cm³/mol. The quantitative estimate of drug-likeness (QED) is 0.651. The van der Waals surface area contributed by atoms with Crippen LogP contribution in [0.15, 0.2) is 84.9 Å². The van der Waals surface area contributed by atoms with E-state index in [4.69, 9.17) is 4.74 Å². The molecule has 0 bridgehead atoms. The van der Waals surface area contributed by atoms with Crippen LogP contribution in [0, 0.1) is 0 Å². The summed E-state index contributed by atoms with van der Waals surface area (Å²) in [6.07, 6.45) is 0. The lowest BCUT2D eigenvalue weighted by Gasteiger charge is -2.30. The van der Waals surface area contributed by atoms with Crippen molar-refractivity contribution in [2.75, 3.05) is 12.0 Å². The molecule has 0 unspecified atom stereocenters. The second-order valence-corrected chi connectivity index (χ2v) is 5.83. The number of methoxy groups -OCH3 is 1. The number of benzene rings is 3. The van der Waals surface area contributed by atoms with E-state index in [1.54, 1.807) is 19.2 Å². The third-order valence-electron chi connectivity index (χ3n) is 4.26. The van der Waals surface area contributed by atoms with Crippen LogP contribution >= 0.6 is 0 Å². The van der Waals surface area contributed by atoms with Gasteiger partial charge in [-0.05, 0) is 48.9 Å².